The number of ether oxygens (including phenoxy) is 2. The molecule has 0 atom stereocenters. The van der Waals surface area contributed by atoms with Crippen molar-refractivity contribution in [2.75, 3.05) is 14.2 Å². The lowest BCUT2D eigenvalue weighted by atomic mass is 9.99. The lowest BCUT2D eigenvalue weighted by Crippen LogP contribution is -2.02. The highest BCUT2D eigenvalue weighted by Gasteiger charge is 2.42. The zero-order valence-corrected chi connectivity index (χ0v) is 13.8. The summed E-state index contributed by atoms with van der Waals surface area (Å²) in [5.41, 5.74) is -3.74. The second-order valence-electron chi connectivity index (χ2n) is 5.83. The van der Waals surface area contributed by atoms with Crippen molar-refractivity contribution in [1.29, 1.82) is 0 Å². The van der Waals surface area contributed by atoms with Crippen molar-refractivity contribution in [3.63, 3.8) is 0 Å². The quantitative estimate of drug-likeness (QED) is 0.245. The number of hydrogen-bond acceptors (Lipinski definition) is 2. The molecule has 0 saturated heterocycles. The predicted molar refractivity (Wildman–Crippen MR) is 81.1 cm³/mol. The molecule has 0 radical (unpaired) electrons. The van der Waals surface area contributed by atoms with Gasteiger partial charge in [-0.05, 0) is 0 Å². The van der Waals surface area contributed by atoms with E-state index in [1.807, 2.05) is 0 Å². The number of rotatable bonds is 2. The molecule has 3 aromatic rings. The predicted octanol–water partition coefficient (Wildman–Crippen LogP) is 5.62. The average Bonchev–Trinajstić information content (AvgIpc) is 3.01. The van der Waals surface area contributed by atoms with Crippen molar-refractivity contribution in [1.82, 2.24) is 0 Å². The maximum Gasteiger partial charge on any atom is 0.202 e. The summed E-state index contributed by atoms with van der Waals surface area (Å²) in [5, 5.41) is -2.05. The molecule has 0 amide bonds. The zero-order chi connectivity index (χ0) is 20.7. The van der Waals surface area contributed by atoms with Crippen LogP contribution in [0.5, 0.6) is 11.5 Å². The molecule has 10 heteroatoms. The van der Waals surface area contributed by atoms with Crippen LogP contribution in [0.1, 0.15) is 0 Å². The van der Waals surface area contributed by atoms with E-state index < -0.39 is 91.1 Å². The third kappa shape index (κ3) is 1.87. The van der Waals surface area contributed by atoms with Crippen molar-refractivity contribution in [2.45, 2.75) is 0 Å². The van der Waals surface area contributed by atoms with Crippen LogP contribution in [0.25, 0.3) is 33.0 Å². The van der Waals surface area contributed by atoms with Crippen LogP contribution in [0.3, 0.4) is 0 Å². The first-order chi connectivity index (χ1) is 13.2. The number of fused-ring (bicyclic) bond motifs is 3. The van der Waals surface area contributed by atoms with E-state index in [1.54, 1.807) is 0 Å². The molecule has 0 aliphatic heterocycles. The highest BCUT2D eigenvalue weighted by molar-refractivity contribution is 6.19. The number of benzene rings is 3. The van der Waals surface area contributed by atoms with Crippen LogP contribution in [0, 0.1) is 46.5 Å². The highest BCUT2D eigenvalue weighted by Crippen LogP contribution is 2.59. The van der Waals surface area contributed by atoms with Crippen LogP contribution in [-0.4, -0.2) is 14.2 Å². The summed E-state index contributed by atoms with van der Waals surface area (Å²) >= 11 is 0. The van der Waals surface area contributed by atoms with Gasteiger partial charge in [-0.2, -0.15) is 8.78 Å². The van der Waals surface area contributed by atoms with Crippen molar-refractivity contribution < 1.29 is 44.6 Å². The Hall–Kier alpha value is -3.04. The van der Waals surface area contributed by atoms with Gasteiger partial charge in [-0.1, -0.05) is 0 Å². The monoisotopic (exact) mass is 406 g/mol. The van der Waals surface area contributed by atoms with Crippen molar-refractivity contribution in [2.24, 2.45) is 0 Å². The summed E-state index contributed by atoms with van der Waals surface area (Å²) < 4.78 is 124. The molecule has 0 aromatic heterocycles. The average molecular weight is 406 g/mol. The lowest BCUT2D eigenvalue weighted by Gasteiger charge is -2.14. The van der Waals surface area contributed by atoms with Gasteiger partial charge in [0.2, 0.25) is 11.6 Å². The largest absolute Gasteiger partial charge is 0.493 e. The Labute approximate surface area is 150 Å². The fraction of sp³-hybridized carbons (Fsp3) is 0.111. The van der Waals surface area contributed by atoms with Gasteiger partial charge in [0, 0.05) is 27.6 Å². The molecule has 0 bridgehead atoms. The van der Waals surface area contributed by atoms with E-state index in [0.717, 1.165) is 14.2 Å². The Morgan fingerprint density at radius 2 is 0.750 bits per heavy atom. The molecule has 4 rings (SSSR count). The van der Waals surface area contributed by atoms with Gasteiger partial charge in [-0.25, -0.2) is 26.3 Å². The fourth-order valence-corrected chi connectivity index (χ4v) is 3.52. The van der Waals surface area contributed by atoms with E-state index in [4.69, 9.17) is 0 Å². The van der Waals surface area contributed by atoms with E-state index in [-0.39, 0.29) is 0 Å². The van der Waals surface area contributed by atoms with E-state index >= 15 is 0 Å². The molecule has 0 saturated carbocycles. The van der Waals surface area contributed by atoms with Crippen LogP contribution in [0.15, 0.2) is 0 Å². The van der Waals surface area contributed by atoms with Gasteiger partial charge < -0.3 is 9.47 Å². The second kappa shape index (κ2) is 5.73. The minimum absolute atomic E-state index is 0.746. The molecule has 2 nitrogen and oxygen atoms in total. The van der Waals surface area contributed by atoms with Crippen LogP contribution in [0.4, 0.5) is 35.1 Å². The van der Waals surface area contributed by atoms with Gasteiger partial charge in [0.1, 0.15) is 0 Å². The summed E-state index contributed by atoms with van der Waals surface area (Å²) in [7, 11) is 1.67. The third-order valence-corrected chi connectivity index (χ3v) is 4.60. The SMILES string of the molecule is COc1c(F)c(F)c2c(F)c(F)c(OC)c3c2c1-c1c(F)c(F)c(F)c(F)c1-3. The topological polar surface area (TPSA) is 18.5 Å². The van der Waals surface area contributed by atoms with Crippen molar-refractivity contribution in [3.05, 3.63) is 46.5 Å². The van der Waals surface area contributed by atoms with Gasteiger partial charge in [-0.15, -0.1) is 0 Å². The minimum Gasteiger partial charge on any atom is -0.493 e. The van der Waals surface area contributed by atoms with Gasteiger partial charge >= 0.3 is 0 Å². The third-order valence-electron chi connectivity index (χ3n) is 4.60. The van der Waals surface area contributed by atoms with E-state index in [0.29, 0.717) is 0 Å². The summed E-state index contributed by atoms with van der Waals surface area (Å²) in [6.07, 6.45) is 0. The van der Waals surface area contributed by atoms with Gasteiger partial charge in [0.25, 0.3) is 0 Å². The van der Waals surface area contributed by atoms with E-state index in [9.17, 15) is 35.1 Å². The Morgan fingerprint density at radius 3 is 1.07 bits per heavy atom. The van der Waals surface area contributed by atoms with Crippen LogP contribution in [-0.2, 0) is 0 Å². The van der Waals surface area contributed by atoms with Crippen LogP contribution < -0.4 is 9.47 Å². The minimum atomic E-state index is -2.25. The van der Waals surface area contributed by atoms with E-state index in [2.05, 4.69) is 9.47 Å². The Kier molecular flexibility index (Phi) is 3.75. The molecule has 0 N–H and O–H groups in total. The van der Waals surface area contributed by atoms with Crippen molar-refractivity contribution in [3.8, 4) is 33.8 Å². The molecule has 0 spiro atoms. The van der Waals surface area contributed by atoms with Crippen LogP contribution in [0.2, 0.25) is 0 Å². The molecular weight excluding hydrogens is 400 g/mol. The number of hydrogen-bond donors (Lipinski definition) is 0. The number of methoxy groups -OCH3 is 2. The molecule has 28 heavy (non-hydrogen) atoms. The Bertz CT molecular complexity index is 1130. The first-order valence-electron chi connectivity index (χ1n) is 7.49. The maximum absolute atomic E-state index is 14.5. The Balaban J connectivity index is 2.45. The van der Waals surface area contributed by atoms with Gasteiger partial charge in [0.15, 0.2) is 46.4 Å². The highest BCUT2D eigenvalue weighted by atomic mass is 19.2. The summed E-state index contributed by atoms with van der Waals surface area (Å²) in [6, 6.07) is 0. The first kappa shape index (κ1) is 18.3. The summed E-state index contributed by atoms with van der Waals surface area (Å²) in [4.78, 5) is 0. The zero-order valence-electron chi connectivity index (χ0n) is 13.8. The molecule has 3 aromatic carbocycles. The number of halogens is 8. The van der Waals surface area contributed by atoms with Crippen molar-refractivity contribution >= 4 is 10.8 Å². The standard InChI is InChI=1S/C18H6F8O2/c1-27-17-6-3-7(5-4(6)9(19)13(23)14(24)10(5)20)18(28-2)16(26)12(22)8(3)11(21)15(17)25/h1-2H3. The summed E-state index contributed by atoms with van der Waals surface area (Å²) in [6.45, 7) is 0. The summed E-state index contributed by atoms with van der Waals surface area (Å²) in [5.74, 6) is -18.0. The fourth-order valence-electron chi connectivity index (χ4n) is 3.52. The molecule has 0 heterocycles. The lowest BCUT2D eigenvalue weighted by molar-refractivity contribution is 0.370. The van der Waals surface area contributed by atoms with Gasteiger partial charge in [-0.3, -0.25) is 0 Å². The molecule has 1 aliphatic carbocycles. The molecule has 0 unspecified atom stereocenters. The molecule has 146 valence electrons. The first-order valence-corrected chi connectivity index (χ1v) is 7.49. The normalized spacial score (nSPS) is 11.9. The van der Waals surface area contributed by atoms with Crippen LogP contribution >= 0.6 is 0 Å². The van der Waals surface area contributed by atoms with Gasteiger partial charge in [0.05, 0.1) is 19.6 Å². The Morgan fingerprint density at radius 1 is 0.393 bits per heavy atom. The second-order valence-corrected chi connectivity index (χ2v) is 5.83. The molecule has 0 fully saturated rings. The molecular formula is C18H6F8O2. The van der Waals surface area contributed by atoms with E-state index in [1.165, 1.54) is 0 Å². The molecule has 1 aliphatic rings. The smallest absolute Gasteiger partial charge is 0.202 e. The maximum atomic E-state index is 14.5.